The molecule has 33 heavy (non-hydrogen) atoms. The number of hydrogen-bond acceptors (Lipinski definition) is 4. The summed E-state index contributed by atoms with van der Waals surface area (Å²) < 4.78 is 105. The average Bonchev–Trinajstić information content (AvgIpc) is 3.12. The number of ether oxygens (including phenoxy) is 2. The van der Waals surface area contributed by atoms with Crippen LogP contribution in [-0.4, -0.2) is 31.8 Å². The van der Waals surface area contributed by atoms with Crippen molar-refractivity contribution in [2.45, 2.75) is 12.4 Å². The van der Waals surface area contributed by atoms with Crippen LogP contribution in [0.4, 0.5) is 41.2 Å². The molecule has 1 heterocycles. The minimum atomic E-state index is -5.35. The third-order valence-corrected chi connectivity index (χ3v) is 4.90. The van der Waals surface area contributed by atoms with Crippen LogP contribution < -0.4 is 9.64 Å². The molecule has 1 aliphatic rings. The standard InChI is InChI=1S/C20H14ClF7N2O3/c1-29-8-14(32-9-29)15-16(21)12(19(23,24)25)7-13(20(26,27)28)17(15)33-18(31)30(2)11-5-3-10(22)4-6-11/h3-8H,9H2,1-2H3. The van der Waals surface area contributed by atoms with Crippen molar-refractivity contribution in [2.24, 2.45) is 0 Å². The van der Waals surface area contributed by atoms with Gasteiger partial charge in [0.25, 0.3) is 0 Å². The second kappa shape index (κ2) is 8.65. The lowest BCUT2D eigenvalue weighted by Gasteiger charge is -2.23. The minimum absolute atomic E-state index is 0.0468. The van der Waals surface area contributed by atoms with E-state index in [4.69, 9.17) is 21.1 Å². The van der Waals surface area contributed by atoms with E-state index < -0.39 is 57.5 Å². The number of carbonyl (C=O) groups is 1. The first-order chi connectivity index (χ1) is 15.2. The number of anilines is 1. The second-order valence-electron chi connectivity index (χ2n) is 6.91. The van der Waals surface area contributed by atoms with Crippen LogP contribution in [-0.2, 0) is 17.1 Å². The van der Waals surface area contributed by atoms with Gasteiger partial charge in [-0.15, -0.1) is 0 Å². The number of carbonyl (C=O) groups excluding carboxylic acids is 1. The summed E-state index contributed by atoms with van der Waals surface area (Å²) in [5, 5.41) is -1.13. The van der Waals surface area contributed by atoms with E-state index in [0.717, 1.165) is 42.4 Å². The third kappa shape index (κ3) is 5.10. The van der Waals surface area contributed by atoms with Crippen LogP contribution in [0.1, 0.15) is 16.7 Å². The highest BCUT2D eigenvalue weighted by Gasteiger charge is 2.44. The van der Waals surface area contributed by atoms with Gasteiger partial charge in [0.05, 0.1) is 21.7 Å². The maximum absolute atomic E-state index is 13.8. The topological polar surface area (TPSA) is 42.0 Å². The highest BCUT2D eigenvalue weighted by Crippen LogP contribution is 2.49. The molecular formula is C20H14ClF7N2O3. The first-order valence-electron chi connectivity index (χ1n) is 8.97. The Kier molecular flexibility index (Phi) is 6.42. The highest BCUT2D eigenvalue weighted by molar-refractivity contribution is 6.33. The molecule has 5 nitrogen and oxygen atoms in total. The van der Waals surface area contributed by atoms with E-state index >= 15 is 0 Å². The Hall–Kier alpha value is -3.15. The molecule has 0 aliphatic carbocycles. The molecular weight excluding hydrogens is 485 g/mol. The molecule has 0 unspecified atom stereocenters. The molecule has 0 N–H and O–H groups in total. The van der Waals surface area contributed by atoms with Crippen LogP contribution in [0.15, 0.2) is 36.5 Å². The fraction of sp³-hybridized carbons (Fsp3) is 0.250. The van der Waals surface area contributed by atoms with Gasteiger partial charge in [-0.05, 0) is 30.3 Å². The summed E-state index contributed by atoms with van der Waals surface area (Å²) in [7, 11) is 2.57. The van der Waals surface area contributed by atoms with E-state index in [0.29, 0.717) is 0 Å². The van der Waals surface area contributed by atoms with Crippen molar-refractivity contribution in [3.63, 3.8) is 0 Å². The summed E-state index contributed by atoms with van der Waals surface area (Å²) in [6.45, 7) is -0.188. The second-order valence-corrected chi connectivity index (χ2v) is 7.29. The van der Waals surface area contributed by atoms with E-state index in [9.17, 15) is 35.5 Å². The largest absolute Gasteiger partial charge is 0.471 e. The minimum Gasteiger partial charge on any atom is -0.471 e. The first-order valence-corrected chi connectivity index (χ1v) is 9.35. The molecule has 1 aliphatic heterocycles. The zero-order valence-corrected chi connectivity index (χ0v) is 17.6. The van der Waals surface area contributed by atoms with Crippen LogP contribution >= 0.6 is 11.6 Å². The normalized spacial score (nSPS) is 14.1. The monoisotopic (exact) mass is 498 g/mol. The van der Waals surface area contributed by atoms with Crippen molar-refractivity contribution in [2.75, 3.05) is 25.7 Å². The van der Waals surface area contributed by atoms with Crippen LogP contribution in [0, 0.1) is 5.82 Å². The quantitative estimate of drug-likeness (QED) is 0.461. The highest BCUT2D eigenvalue weighted by atomic mass is 35.5. The van der Waals surface area contributed by atoms with Gasteiger partial charge in [0, 0.05) is 26.0 Å². The Morgan fingerprint density at radius 2 is 1.67 bits per heavy atom. The zero-order valence-electron chi connectivity index (χ0n) is 16.8. The summed E-state index contributed by atoms with van der Waals surface area (Å²) in [5.41, 5.74) is -4.50. The zero-order chi connectivity index (χ0) is 24.7. The fourth-order valence-electron chi connectivity index (χ4n) is 2.89. The molecule has 2 aromatic rings. The summed E-state index contributed by atoms with van der Waals surface area (Å²) in [5.74, 6) is -2.35. The number of hydrogen-bond donors (Lipinski definition) is 0. The van der Waals surface area contributed by atoms with Crippen LogP contribution in [0.2, 0.25) is 5.02 Å². The molecule has 1 amide bonds. The summed E-state index contributed by atoms with van der Waals surface area (Å²) in [6.07, 6.45) is -10.9. The van der Waals surface area contributed by atoms with Gasteiger partial charge < -0.3 is 14.4 Å². The van der Waals surface area contributed by atoms with Crippen molar-refractivity contribution >= 4 is 29.1 Å². The van der Waals surface area contributed by atoms with E-state index in [-0.39, 0.29) is 18.5 Å². The van der Waals surface area contributed by atoms with Gasteiger partial charge in [-0.25, -0.2) is 9.18 Å². The van der Waals surface area contributed by atoms with E-state index in [1.807, 2.05) is 0 Å². The number of rotatable bonds is 3. The Morgan fingerprint density at radius 3 is 2.15 bits per heavy atom. The van der Waals surface area contributed by atoms with Gasteiger partial charge in [0.1, 0.15) is 11.6 Å². The average molecular weight is 499 g/mol. The van der Waals surface area contributed by atoms with E-state index in [2.05, 4.69) is 0 Å². The molecule has 0 fully saturated rings. The van der Waals surface area contributed by atoms with Crippen molar-refractivity contribution in [1.29, 1.82) is 0 Å². The Morgan fingerprint density at radius 1 is 1.09 bits per heavy atom. The first kappa shape index (κ1) is 24.5. The molecule has 13 heteroatoms. The van der Waals surface area contributed by atoms with Gasteiger partial charge in [-0.1, -0.05) is 11.6 Å². The lowest BCUT2D eigenvalue weighted by Crippen LogP contribution is -2.30. The number of nitrogens with zero attached hydrogens (tertiary/aromatic N) is 2. The summed E-state index contributed by atoms with van der Waals surface area (Å²) in [6, 6.07) is 4.06. The van der Waals surface area contributed by atoms with Crippen LogP contribution in [0.25, 0.3) is 5.76 Å². The van der Waals surface area contributed by atoms with Gasteiger partial charge in [-0.2, -0.15) is 26.3 Å². The van der Waals surface area contributed by atoms with Crippen molar-refractivity contribution in [3.05, 3.63) is 64.1 Å². The van der Waals surface area contributed by atoms with E-state index in [1.165, 1.54) is 11.9 Å². The van der Waals surface area contributed by atoms with Crippen molar-refractivity contribution in [3.8, 4) is 5.75 Å². The molecule has 0 bridgehead atoms. The number of alkyl halides is 6. The lowest BCUT2D eigenvalue weighted by atomic mass is 10.0. The molecule has 0 spiro atoms. The van der Waals surface area contributed by atoms with Gasteiger partial charge in [0.15, 0.2) is 12.5 Å². The van der Waals surface area contributed by atoms with Crippen molar-refractivity contribution < 1.29 is 45.0 Å². The van der Waals surface area contributed by atoms with Crippen LogP contribution in [0.5, 0.6) is 5.75 Å². The van der Waals surface area contributed by atoms with Crippen LogP contribution in [0.3, 0.4) is 0 Å². The SMILES string of the molecule is CN1C=C(c2c(Cl)c(C(F)(F)F)cc(C(F)(F)F)c2OC(=O)N(C)c2ccc(F)cc2)OC1. The molecule has 0 saturated carbocycles. The predicted molar refractivity (Wildman–Crippen MR) is 104 cm³/mol. The van der Waals surface area contributed by atoms with Gasteiger partial charge in [-0.3, -0.25) is 4.90 Å². The molecule has 0 atom stereocenters. The van der Waals surface area contributed by atoms with Gasteiger partial charge in [0.2, 0.25) is 0 Å². The molecule has 0 aromatic heterocycles. The Bertz CT molecular complexity index is 1100. The number of halogens is 8. The molecule has 178 valence electrons. The fourth-order valence-corrected chi connectivity index (χ4v) is 3.23. The number of amides is 1. The predicted octanol–water partition coefficient (Wildman–Crippen LogP) is 6.37. The molecule has 2 aromatic carbocycles. The molecule has 0 radical (unpaired) electrons. The Balaban J connectivity index is 2.19. The summed E-state index contributed by atoms with van der Waals surface area (Å²) in [4.78, 5) is 14.7. The van der Waals surface area contributed by atoms with Crippen molar-refractivity contribution in [1.82, 2.24) is 4.90 Å². The van der Waals surface area contributed by atoms with E-state index in [1.54, 1.807) is 0 Å². The molecule has 0 saturated heterocycles. The molecule has 3 rings (SSSR count). The Labute approximate surface area is 187 Å². The third-order valence-electron chi connectivity index (χ3n) is 4.51. The maximum Gasteiger partial charge on any atom is 0.420 e. The summed E-state index contributed by atoms with van der Waals surface area (Å²) >= 11 is 5.87. The smallest absolute Gasteiger partial charge is 0.420 e. The maximum atomic E-state index is 13.8. The number of benzene rings is 2. The van der Waals surface area contributed by atoms with Gasteiger partial charge >= 0.3 is 18.4 Å². The lowest BCUT2D eigenvalue weighted by molar-refractivity contribution is -0.143.